The van der Waals surface area contributed by atoms with E-state index in [0.29, 0.717) is 22.6 Å². The second kappa shape index (κ2) is 5.91. The van der Waals surface area contributed by atoms with Gasteiger partial charge in [-0.1, -0.05) is 24.3 Å². The topological polar surface area (TPSA) is 72.1 Å². The normalized spacial score (nSPS) is 10.3. The number of aromatic amines is 1. The average Bonchev–Trinajstić information content (AvgIpc) is 2.96. The molecule has 1 N–H and O–H groups in total. The number of benzene rings is 1. The van der Waals surface area contributed by atoms with Crippen molar-refractivity contribution >= 4 is 22.5 Å². The van der Waals surface area contributed by atoms with Crippen LogP contribution < -0.4 is 5.56 Å². The SMILES string of the molecule is [C-]#[N+]c1ccc(-c2c[nH]n(-c3ccc(C(=O)Cl)cn3)c2=O)cc1. The molecule has 7 heteroatoms. The molecule has 0 spiro atoms. The monoisotopic (exact) mass is 324 g/mol. The van der Waals surface area contributed by atoms with Crippen molar-refractivity contribution in [1.29, 1.82) is 0 Å². The Balaban J connectivity index is 2.00. The predicted octanol–water partition coefficient (Wildman–Crippen LogP) is 3.16. The van der Waals surface area contributed by atoms with Gasteiger partial charge >= 0.3 is 0 Å². The molecule has 0 saturated carbocycles. The summed E-state index contributed by atoms with van der Waals surface area (Å²) in [6, 6.07) is 9.75. The molecule has 0 radical (unpaired) electrons. The van der Waals surface area contributed by atoms with E-state index in [1.165, 1.54) is 23.0 Å². The van der Waals surface area contributed by atoms with Crippen molar-refractivity contribution in [3.8, 4) is 16.9 Å². The summed E-state index contributed by atoms with van der Waals surface area (Å²) in [5, 5.41) is 2.22. The molecule has 0 saturated heterocycles. The fourth-order valence-corrected chi connectivity index (χ4v) is 2.21. The summed E-state index contributed by atoms with van der Waals surface area (Å²) < 4.78 is 1.26. The van der Waals surface area contributed by atoms with Gasteiger partial charge in [0.2, 0.25) is 0 Å². The van der Waals surface area contributed by atoms with Gasteiger partial charge in [0.15, 0.2) is 11.5 Å². The Hall–Kier alpha value is -3.17. The lowest BCUT2D eigenvalue weighted by Crippen LogP contribution is -2.17. The van der Waals surface area contributed by atoms with E-state index < -0.39 is 5.24 Å². The number of nitrogens with zero attached hydrogens (tertiary/aromatic N) is 3. The van der Waals surface area contributed by atoms with Crippen molar-refractivity contribution in [3.05, 3.63) is 76.1 Å². The van der Waals surface area contributed by atoms with Crippen LogP contribution in [0.2, 0.25) is 0 Å². The minimum Gasteiger partial charge on any atom is -0.296 e. The number of pyridine rings is 1. The zero-order valence-corrected chi connectivity index (χ0v) is 12.4. The van der Waals surface area contributed by atoms with Crippen molar-refractivity contribution < 1.29 is 4.79 Å². The number of hydrogen-bond acceptors (Lipinski definition) is 3. The molecule has 0 unspecified atom stereocenters. The Morgan fingerprint density at radius 2 is 1.96 bits per heavy atom. The minimum absolute atomic E-state index is 0.255. The molecular weight excluding hydrogens is 316 g/mol. The molecule has 3 aromatic rings. The summed E-state index contributed by atoms with van der Waals surface area (Å²) in [5.74, 6) is 0.348. The van der Waals surface area contributed by atoms with Gasteiger partial charge in [0, 0.05) is 12.4 Å². The van der Waals surface area contributed by atoms with Crippen molar-refractivity contribution in [2.45, 2.75) is 0 Å². The number of nitrogens with one attached hydrogen (secondary N) is 1. The van der Waals surface area contributed by atoms with Crippen LogP contribution >= 0.6 is 11.6 Å². The molecule has 6 nitrogen and oxygen atoms in total. The second-order valence-corrected chi connectivity index (χ2v) is 5.01. The highest BCUT2D eigenvalue weighted by Gasteiger charge is 2.11. The van der Waals surface area contributed by atoms with Crippen LogP contribution in [-0.4, -0.2) is 20.0 Å². The summed E-state index contributed by atoms with van der Waals surface area (Å²) in [6.45, 7) is 6.94. The number of carbonyl (C=O) groups excluding carboxylic acids is 1. The van der Waals surface area contributed by atoms with Crippen LogP contribution in [0.3, 0.4) is 0 Å². The molecule has 1 aromatic carbocycles. The lowest BCUT2D eigenvalue weighted by molar-refractivity contribution is 0.108. The highest BCUT2D eigenvalue weighted by Crippen LogP contribution is 2.20. The quantitative estimate of drug-likeness (QED) is 0.594. The van der Waals surface area contributed by atoms with Gasteiger partial charge in [-0.3, -0.25) is 14.7 Å². The fourth-order valence-electron chi connectivity index (χ4n) is 2.10. The number of carbonyl (C=O) groups is 1. The minimum atomic E-state index is -0.608. The van der Waals surface area contributed by atoms with E-state index in [1.807, 2.05) is 0 Å². The van der Waals surface area contributed by atoms with E-state index in [9.17, 15) is 9.59 Å². The van der Waals surface area contributed by atoms with Gasteiger partial charge in [-0.05, 0) is 29.3 Å². The van der Waals surface area contributed by atoms with Crippen LogP contribution in [0.5, 0.6) is 0 Å². The molecule has 0 fully saturated rings. The lowest BCUT2D eigenvalue weighted by atomic mass is 10.1. The number of rotatable bonds is 3. The number of halogens is 1. The number of aromatic nitrogens is 3. The van der Waals surface area contributed by atoms with Crippen LogP contribution in [0.25, 0.3) is 21.8 Å². The third kappa shape index (κ3) is 2.78. The highest BCUT2D eigenvalue weighted by atomic mass is 35.5. The van der Waals surface area contributed by atoms with E-state index in [-0.39, 0.29) is 11.1 Å². The first-order valence-corrected chi connectivity index (χ1v) is 6.92. The summed E-state index contributed by atoms with van der Waals surface area (Å²) in [4.78, 5) is 30.9. The predicted molar refractivity (Wildman–Crippen MR) is 86.1 cm³/mol. The van der Waals surface area contributed by atoms with Crippen molar-refractivity contribution in [3.63, 3.8) is 0 Å². The molecule has 23 heavy (non-hydrogen) atoms. The summed E-state index contributed by atoms with van der Waals surface area (Å²) in [7, 11) is 0. The first-order chi connectivity index (χ1) is 11.1. The van der Waals surface area contributed by atoms with Crippen molar-refractivity contribution in [2.75, 3.05) is 0 Å². The summed E-state index contributed by atoms with van der Waals surface area (Å²) in [5.41, 5.74) is 1.64. The molecule has 3 rings (SSSR count). The number of H-pyrrole nitrogens is 1. The maximum Gasteiger partial charge on any atom is 0.280 e. The van der Waals surface area contributed by atoms with Gasteiger partial charge in [0.05, 0.1) is 17.7 Å². The molecule has 2 aromatic heterocycles. The van der Waals surface area contributed by atoms with Gasteiger partial charge in [0.25, 0.3) is 10.8 Å². The van der Waals surface area contributed by atoms with Gasteiger partial charge in [-0.2, -0.15) is 0 Å². The molecule has 0 bridgehead atoms. The van der Waals surface area contributed by atoms with E-state index >= 15 is 0 Å². The van der Waals surface area contributed by atoms with E-state index in [2.05, 4.69) is 14.9 Å². The fraction of sp³-hybridized carbons (Fsp3) is 0. The Bertz CT molecular complexity index is 963. The van der Waals surface area contributed by atoms with Crippen LogP contribution in [0.1, 0.15) is 10.4 Å². The standard InChI is InChI=1S/C16H9ClN4O2/c1-18-12-5-2-10(3-6-12)13-9-20-21(16(13)23)14-7-4-11(8-19-14)15(17)22/h2-9,20H. The summed E-state index contributed by atoms with van der Waals surface area (Å²) >= 11 is 5.37. The maximum atomic E-state index is 12.5. The highest BCUT2D eigenvalue weighted by molar-refractivity contribution is 6.67. The first-order valence-electron chi connectivity index (χ1n) is 6.55. The van der Waals surface area contributed by atoms with Crippen LogP contribution in [0.15, 0.2) is 53.6 Å². The third-order valence-corrected chi connectivity index (χ3v) is 3.50. The Labute approximate surface area is 135 Å². The van der Waals surface area contributed by atoms with E-state index in [1.54, 1.807) is 30.5 Å². The molecule has 0 amide bonds. The smallest absolute Gasteiger partial charge is 0.280 e. The Morgan fingerprint density at radius 1 is 1.22 bits per heavy atom. The van der Waals surface area contributed by atoms with Gasteiger partial charge in [0.1, 0.15) is 0 Å². The Kier molecular flexibility index (Phi) is 3.79. The van der Waals surface area contributed by atoms with Crippen LogP contribution in [0.4, 0.5) is 5.69 Å². The summed E-state index contributed by atoms with van der Waals surface area (Å²) in [6.07, 6.45) is 2.87. The van der Waals surface area contributed by atoms with Gasteiger partial charge < -0.3 is 0 Å². The molecule has 0 aliphatic rings. The third-order valence-electron chi connectivity index (χ3n) is 3.28. The lowest BCUT2D eigenvalue weighted by Gasteiger charge is -2.00. The molecule has 2 heterocycles. The molecule has 0 aliphatic heterocycles. The van der Waals surface area contributed by atoms with Crippen molar-refractivity contribution in [2.24, 2.45) is 0 Å². The molecule has 0 atom stereocenters. The molecule has 112 valence electrons. The van der Waals surface area contributed by atoms with Crippen LogP contribution in [0, 0.1) is 6.57 Å². The Morgan fingerprint density at radius 3 is 2.52 bits per heavy atom. The largest absolute Gasteiger partial charge is 0.296 e. The average molecular weight is 325 g/mol. The molecule has 0 aliphatic carbocycles. The van der Waals surface area contributed by atoms with Gasteiger partial charge in [-0.25, -0.2) is 14.5 Å². The van der Waals surface area contributed by atoms with Gasteiger partial charge in [-0.15, -0.1) is 0 Å². The van der Waals surface area contributed by atoms with E-state index in [0.717, 1.165) is 0 Å². The van der Waals surface area contributed by atoms with Crippen LogP contribution in [-0.2, 0) is 0 Å². The first kappa shape index (κ1) is 14.8. The zero-order valence-electron chi connectivity index (χ0n) is 11.7. The second-order valence-electron chi connectivity index (χ2n) is 4.67. The van der Waals surface area contributed by atoms with E-state index in [4.69, 9.17) is 18.2 Å². The zero-order chi connectivity index (χ0) is 16.4. The molecular formula is C16H9ClN4O2. The number of hydrogen-bond donors (Lipinski definition) is 1. The maximum absolute atomic E-state index is 12.5. The van der Waals surface area contributed by atoms with Crippen molar-refractivity contribution in [1.82, 2.24) is 14.8 Å².